The Morgan fingerprint density at radius 2 is 1.02 bits per heavy atom. The molecule has 14 heteroatoms. The maximum atomic E-state index is 12.7. The van der Waals surface area contributed by atoms with Crippen LogP contribution >= 0.6 is 0 Å². The molecule has 2 aliphatic rings. The van der Waals surface area contributed by atoms with Crippen molar-refractivity contribution in [2.45, 2.75) is 84.8 Å². The van der Waals surface area contributed by atoms with Gasteiger partial charge in [0.05, 0.1) is 38.3 Å². The molecule has 0 aromatic carbocycles. The second kappa shape index (κ2) is 20.7. The van der Waals surface area contributed by atoms with Gasteiger partial charge in [-0.1, -0.05) is 0 Å². The summed E-state index contributed by atoms with van der Waals surface area (Å²) in [4.78, 5) is 76.8. The number of piperidine rings is 2. The van der Waals surface area contributed by atoms with E-state index in [1.807, 2.05) is 9.80 Å². The molecule has 2 heterocycles. The van der Waals surface area contributed by atoms with Gasteiger partial charge in [0, 0.05) is 40.0 Å². The topological polar surface area (TPSA) is 164 Å². The Balaban J connectivity index is 1.73. The molecule has 4 atom stereocenters. The van der Waals surface area contributed by atoms with Crippen molar-refractivity contribution in [3.63, 3.8) is 0 Å². The molecule has 0 spiro atoms. The Morgan fingerprint density at radius 3 is 1.38 bits per heavy atom. The molecule has 0 aromatic heterocycles. The van der Waals surface area contributed by atoms with Crippen LogP contribution in [0.4, 0.5) is 0 Å². The van der Waals surface area contributed by atoms with Gasteiger partial charge in [-0.15, -0.1) is 0 Å². The van der Waals surface area contributed by atoms with Crippen LogP contribution in [0.15, 0.2) is 0 Å². The number of likely N-dealkylation sites (tertiary alicyclic amines) is 2. The van der Waals surface area contributed by atoms with E-state index in [9.17, 15) is 28.8 Å². The summed E-state index contributed by atoms with van der Waals surface area (Å²) >= 11 is 0. The zero-order chi connectivity index (χ0) is 33.2. The molecule has 2 fully saturated rings. The van der Waals surface area contributed by atoms with E-state index in [2.05, 4.69) is 0 Å². The first-order valence-corrected chi connectivity index (χ1v) is 16.0. The highest BCUT2D eigenvalue weighted by molar-refractivity contribution is 5.79. The average Bonchev–Trinajstić information content (AvgIpc) is 2.99. The monoisotopic (exact) mass is 642 g/mol. The predicted octanol–water partition coefficient (Wildman–Crippen LogP) is 1.66. The number of ether oxygens (including phenoxy) is 6. The molecule has 2 saturated heterocycles. The van der Waals surface area contributed by atoms with Gasteiger partial charge in [-0.25, -0.2) is 9.59 Å². The van der Waals surface area contributed by atoms with Crippen LogP contribution in [0.5, 0.6) is 0 Å². The maximum absolute atomic E-state index is 12.7. The summed E-state index contributed by atoms with van der Waals surface area (Å²) in [5.74, 6) is -3.67. The summed E-state index contributed by atoms with van der Waals surface area (Å²) in [7, 11) is 0. The van der Waals surface area contributed by atoms with Crippen molar-refractivity contribution in [3.05, 3.63) is 0 Å². The van der Waals surface area contributed by atoms with Gasteiger partial charge in [-0.05, 0) is 71.9 Å². The lowest BCUT2D eigenvalue weighted by atomic mass is 9.98. The lowest BCUT2D eigenvalue weighted by molar-refractivity contribution is -0.169. The van der Waals surface area contributed by atoms with Gasteiger partial charge in [0.25, 0.3) is 0 Å². The molecule has 45 heavy (non-hydrogen) atoms. The highest BCUT2D eigenvalue weighted by Gasteiger charge is 2.33. The van der Waals surface area contributed by atoms with Gasteiger partial charge in [0.2, 0.25) is 12.2 Å². The lowest BCUT2D eigenvalue weighted by Gasteiger charge is -2.33. The van der Waals surface area contributed by atoms with Gasteiger partial charge in [-0.2, -0.15) is 0 Å². The third-order valence-electron chi connectivity index (χ3n) is 7.52. The number of carbonyl (C=O) groups is 6. The Hall–Kier alpha value is -3.26. The van der Waals surface area contributed by atoms with Crippen molar-refractivity contribution in [3.8, 4) is 0 Å². The van der Waals surface area contributed by atoms with Crippen LogP contribution in [-0.2, 0) is 57.2 Å². The molecule has 14 nitrogen and oxygen atoms in total. The Bertz CT molecular complexity index is 914. The molecule has 2 aliphatic heterocycles. The summed E-state index contributed by atoms with van der Waals surface area (Å²) < 4.78 is 31.4. The molecule has 2 rings (SSSR count). The number of carbonyl (C=O) groups excluding carboxylic acids is 6. The van der Waals surface area contributed by atoms with E-state index in [0.29, 0.717) is 71.5 Å². The molecule has 0 N–H and O–H groups in total. The zero-order valence-corrected chi connectivity index (χ0v) is 27.1. The lowest BCUT2D eigenvalue weighted by Crippen LogP contribution is -2.46. The molecular weight excluding hydrogens is 592 g/mol. The fraction of sp³-hybridized carbons (Fsp3) is 0.806. The fourth-order valence-corrected chi connectivity index (χ4v) is 5.45. The minimum atomic E-state index is -1.12. The van der Waals surface area contributed by atoms with Gasteiger partial charge in [0.1, 0.15) is 0 Å². The van der Waals surface area contributed by atoms with Crippen LogP contribution in [0.3, 0.4) is 0 Å². The molecule has 256 valence electrons. The molecular formula is C31H50N2O12. The number of rotatable bonds is 18. The number of unbranched alkanes of at least 4 members (excludes halogenated alkanes) is 2. The predicted molar refractivity (Wildman–Crippen MR) is 158 cm³/mol. The molecule has 0 radical (unpaired) electrons. The van der Waals surface area contributed by atoms with E-state index in [-0.39, 0.29) is 50.1 Å². The second-order valence-corrected chi connectivity index (χ2v) is 11.3. The van der Waals surface area contributed by atoms with Crippen LogP contribution < -0.4 is 0 Å². The van der Waals surface area contributed by atoms with E-state index >= 15 is 0 Å². The van der Waals surface area contributed by atoms with Gasteiger partial charge >= 0.3 is 35.8 Å². The normalized spacial score (nSPS) is 20.3. The standard InChI is InChI=1S/C31H50N2O12/c1-5-40-28(36)24-12-10-14-32(18-24)20-26(44-22(3)34)30(38)42-16-8-7-9-17-43-31(39)27(45-23(4)35)21-33-15-11-13-25(19-33)29(37)41-6-2/h24-27H,5-21H2,1-4H3. The van der Waals surface area contributed by atoms with Gasteiger partial charge in [-0.3, -0.25) is 29.0 Å². The van der Waals surface area contributed by atoms with Crippen LogP contribution in [0.1, 0.15) is 72.6 Å². The SMILES string of the molecule is CCOC(=O)C1CCCN(CC(OC(C)=O)C(=O)OCCCCCOC(=O)C(CN2CCCC(C(=O)OCC)C2)OC(C)=O)C1. The summed E-state index contributed by atoms with van der Waals surface area (Å²) in [6, 6.07) is 0. The van der Waals surface area contributed by atoms with E-state index in [0.717, 1.165) is 12.8 Å². The highest BCUT2D eigenvalue weighted by Crippen LogP contribution is 2.20. The third kappa shape index (κ3) is 14.6. The summed E-state index contributed by atoms with van der Waals surface area (Å²) in [6.45, 7) is 9.09. The molecule has 0 bridgehead atoms. The minimum Gasteiger partial charge on any atom is -0.466 e. The average molecular weight is 643 g/mol. The number of esters is 6. The van der Waals surface area contributed by atoms with Crippen LogP contribution in [0.2, 0.25) is 0 Å². The zero-order valence-electron chi connectivity index (χ0n) is 27.1. The third-order valence-corrected chi connectivity index (χ3v) is 7.52. The van der Waals surface area contributed by atoms with Gasteiger partial charge < -0.3 is 28.4 Å². The largest absolute Gasteiger partial charge is 0.466 e. The summed E-state index contributed by atoms with van der Waals surface area (Å²) in [5, 5.41) is 0. The minimum absolute atomic E-state index is 0.0860. The van der Waals surface area contributed by atoms with Crippen LogP contribution in [-0.4, -0.2) is 124 Å². The summed E-state index contributed by atoms with van der Waals surface area (Å²) in [6.07, 6.45) is 2.24. The Morgan fingerprint density at radius 1 is 0.622 bits per heavy atom. The Labute approximate surface area is 265 Å². The van der Waals surface area contributed by atoms with Crippen LogP contribution in [0, 0.1) is 11.8 Å². The van der Waals surface area contributed by atoms with Crippen molar-refractivity contribution in [1.82, 2.24) is 9.80 Å². The smallest absolute Gasteiger partial charge is 0.348 e. The van der Waals surface area contributed by atoms with Crippen molar-refractivity contribution >= 4 is 35.8 Å². The Kier molecular flexibility index (Phi) is 17.5. The first-order valence-electron chi connectivity index (χ1n) is 16.0. The first-order chi connectivity index (χ1) is 21.5. The van der Waals surface area contributed by atoms with Crippen molar-refractivity contribution < 1.29 is 57.2 Å². The van der Waals surface area contributed by atoms with E-state index < -0.39 is 36.1 Å². The van der Waals surface area contributed by atoms with E-state index in [1.54, 1.807) is 13.8 Å². The molecule has 0 amide bonds. The quantitative estimate of drug-likeness (QED) is 0.120. The second-order valence-electron chi connectivity index (χ2n) is 11.3. The van der Waals surface area contributed by atoms with E-state index in [4.69, 9.17) is 28.4 Å². The van der Waals surface area contributed by atoms with E-state index in [1.165, 1.54) is 13.8 Å². The molecule has 0 aliphatic carbocycles. The molecule has 0 saturated carbocycles. The van der Waals surface area contributed by atoms with Crippen molar-refractivity contribution in [2.75, 3.05) is 65.7 Å². The fourth-order valence-electron chi connectivity index (χ4n) is 5.45. The number of nitrogens with zero attached hydrogens (tertiary/aromatic N) is 2. The number of hydrogen-bond donors (Lipinski definition) is 0. The van der Waals surface area contributed by atoms with Gasteiger partial charge in [0.15, 0.2) is 0 Å². The molecule has 4 unspecified atom stereocenters. The highest BCUT2D eigenvalue weighted by atomic mass is 16.6. The maximum Gasteiger partial charge on any atom is 0.348 e. The van der Waals surface area contributed by atoms with Crippen molar-refractivity contribution in [2.24, 2.45) is 11.8 Å². The first kappa shape index (κ1) is 37.9. The number of hydrogen-bond acceptors (Lipinski definition) is 14. The molecule has 0 aromatic rings. The summed E-state index contributed by atoms with van der Waals surface area (Å²) in [5.41, 5.74) is 0. The van der Waals surface area contributed by atoms with Crippen molar-refractivity contribution in [1.29, 1.82) is 0 Å². The van der Waals surface area contributed by atoms with Crippen LogP contribution in [0.25, 0.3) is 0 Å².